The molecule has 6 heteroatoms. The number of carboxylic acid groups (broad SMARTS) is 1. The fourth-order valence-corrected chi connectivity index (χ4v) is 2.06. The van der Waals surface area contributed by atoms with Crippen molar-refractivity contribution in [2.45, 2.75) is 32.4 Å². The summed E-state index contributed by atoms with van der Waals surface area (Å²) < 4.78 is 5.47. The molecule has 1 aromatic rings. The van der Waals surface area contributed by atoms with Crippen LogP contribution in [-0.2, 0) is 9.59 Å². The molecule has 6 nitrogen and oxygen atoms in total. The van der Waals surface area contributed by atoms with Gasteiger partial charge in [0.15, 0.2) is 6.10 Å². The number of amides is 1. The Kier molecular flexibility index (Phi) is 2.88. The van der Waals surface area contributed by atoms with Crippen LogP contribution in [0.1, 0.15) is 20.8 Å². The summed E-state index contributed by atoms with van der Waals surface area (Å²) in [4.78, 5) is 24.9. The van der Waals surface area contributed by atoms with Crippen LogP contribution >= 0.6 is 0 Å². The molecule has 0 fully saturated rings. The lowest BCUT2D eigenvalue weighted by molar-refractivity contribution is -0.145. The molecule has 1 amide bonds. The van der Waals surface area contributed by atoms with E-state index in [1.54, 1.807) is 25.1 Å². The van der Waals surface area contributed by atoms with Crippen molar-refractivity contribution in [3.8, 4) is 5.75 Å². The van der Waals surface area contributed by atoms with Gasteiger partial charge in [-0.25, -0.2) is 4.79 Å². The number of ether oxygens (including phenoxy) is 1. The molecule has 1 atom stereocenters. The molecular formula is C13H16N2O4. The zero-order valence-electron chi connectivity index (χ0n) is 11.0. The van der Waals surface area contributed by atoms with Crippen molar-refractivity contribution in [1.29, 1.82) is 0 Å². The Balaban J connectivity index is 2.67. The van der Waals surface area contributed by atoms with Gasteiger partial charge in [0, 0.05) is 0 Å². The number of benzene rings is 1. The molecule has 1 aliphatic rings. The van der Waals surface area contributed by atoms with Crippen molar-refractivity contribution in [3.05, 3.63) is 18.2 Å². The number of carbonyl (C=O) groups is 2. The molecule has 1 aromatic carbocycles. The van der Waals surface area contributed by atoms with Crippen molar-refractivity contribution in [2.24, 2.45) is 0 Å². The van der Waals surface area contributed by atoms with Gasteiger partial charge >= 0.3 is 5.97 Å². The number of hydrogen-bond donors (Lipinski definition) is 2. The Morgan fingerprint density at radius 1 is 1.47 bits per heavy atom. The summed E-state index contributed by atoms with van der Waals surface area (Å²) in [5, 5.41) is 9.34. The maximum atomic E-state index is 12.3. The smallest absolute Gasteiger partial charge is 0.329 e. The lowest BCUT2D eigenvalue weighted by Crippen LogP contribution is -2.58. The highest BCUT2D eigenvalue weighted by Crippen LogP contribution is 2.42. The van der Waals surface area contributed by atoms with E-state index in [2.05, 4.69) is 0 Å². The first-order valence-corrected chi connectivity index (χ1v) is 5.89. The number of hydrogen-bond acceptors (Lipinski definition) is 4. The predicted octanol–water partition coefficient (Wildman–Crippen LogP) is 1.25. The van der Waals surface area contributed by atoms with Crippen molar-refractivity contribution in [1.82, 2.24) is 0 Å². The quantitative estimate of drug-likeness (QED) is 0.784. The van der Waals surface area contributed by atoms with Crippen LogP contribution in [0.5, 0.6) is 5.75 Å². The number of nitrogens with zero attached hydrogens (tertiary/aromatic N) is 1. The summed E-state index contributed by atoms with van der Waals surface area (Å²) in [6.45, 7) is 4.50. The van der Waals surface area contributed by atoms with Gasteiger partial charge in [0.2, 0.25) is 0 Å². The van der Waals surface area contributed by atoms with E-state index in [9.17, 15) is 14.7 Å². The Bertz CT molecular complexity index is 554. The average molecular weight is 264 g/mol. The highest BCUT2D eigenvalue weighted by atomic mass is 16.5. The molecule has 0 bridgehead atoms. The molecule has 1 aliphatic heterocycles. The second kappa shape index (κ2) is 4.15. The van der Waals surface area contributed by atoms with Crippen LogP contribution in [0, 0.1) is 0 Å². The summed E-state index contributed by atoms with van der Waals surface area (Å²) in [6, 6.07) is 4.97. The molecule has 0 saturated heterocycles. The number of rotatable bonds is 2. The number of carbonyl (C=O) groups excluding carboxylic acids is 1. The second-order valence-corrected chi connectivity index (χ2v) is 4.99. The normalized spacial score (nSPS) is 18.8. The fraction of sp³-hybridized carbons (Fsp3) is 0.385. The van der Waals surface area contributed by atoms with E-state index in [1.807, 2.05) is 0 Å². The molecular weight excluding hydrogens is 248 g/mol. The molecule has 0 aromatic heterocycles. The van der Waals surface area contributed by atoms with Crippen LogP contribution < -0.4 is 15.4 Å². The number of para-hydroxylation sites is 1. The monoisotopic (exact) mass is 264 g/mol. The lowest BCUT2D eigenvalue weighted by Gasteiger charge is -2.41. The van der Waals surface area contributed by atoms with Crippen LogP contribution in [0.15, 0.2) is 18.2 Å². The molecule has 0 saturated carbocycles. The van der Waals surface area contributed by atoms with Gasteiger partial charge in [0.05, 0.1) is 5.69 Å². The highest BCUT2D eigenvalue weighted by molar-refractivity contribution is 6.08. The number of nitrogens with two attached hydrogens (primary N) is 1. The van der Waals surface area contributed by atoms with Gasteiger partial charge in [-0.1, -0.05) is 6.07 Å². The Morgan fingerprint density at radius 3 is 2.68 bits per heavy atom. The SMILES string of the molecule is CC1Oc2cccc(N)c2N(C(C)(C)C(=O)O)C1=O. The number of anilines is 2. The Morgan fingerprint density at radius 2 is 2.11 bits per heavy atom. The number of aliphatic carboxylic acids is 1. The second-order valence-electron chi connectivity index (χ2n) is 4.99. The van der Waals surface area contributed by atoms with Crippen molar-refractivity contribution in [3.63, 3.8) is 0 Å². The third-order valence-corrected chi connectivity index (χ3v) is 3.21. The summed E-state index contributed by atoms with van der Waals surface area (Å²) >= 11 is 0. The van der Waals surface area contributed by atoms with Gasteiger partial charge in [-0.2, -0.15) is 0 Å². The average Bonchev–Trinajstić information content (AvgIpc) is 2.31. The Labute approximate surface area is 110 Å². The Hall–Kier alpha value is -2.24. The summed E-state index contributed by atoms with van der Waals surface area (Å²) in [6.07, 6.45) is -0.743. The lowest BCUT2D eigenvalue weighted by atomic mass is 9.98. The molecule has 3 N–H and O–H groups in total. The van der Waals surface area contributed by atoms with E-state index in [4.69, 9.17) is 10.5 Å². The van der Waals surface area contributed by atoms with Gasteiger partial charge < -0.3 is 15.6 Å². The first-order chi connectivity index (χ1) is 8.76. The number of fused-ring (bicyclic) bond motifs is 1. The standard InChI is InChI=1S/C13H16N2O4/c1-7-11(16)15(13(2,3)12(17)18)10-8(14)5-4-6-9(10)19-7/h4-7H,14H2,1-3H3,(H,17,18). The first kappa shape index (κ1) is 13.2. The maximum Gasteiger partial charge on any atom is 0.329 e. The predicted molar refractivity (Wildman–Crippen MR) is 70.1 cm³/mol. The number of carboxylic acids is 1. The number of nitrogen functional groups attached to an aromatic ring is 1. The van der Waals surface area contributed by atoms with Gasteiger partial charge in [-0.3, -0.25) is 9.69 Å². The zero-order chi connectivity index (χ0) is 14.4. The summed E-state index contributed by atoms with van der Waals surface area (Å²) in [5.74, 6) is -1.11. The van der Waals surface area contributed by atoms with Crippen molar-refractivity contribution < 1.29 is 19.4 Å². The molecule has 19 heavy (non-hydrogen) atoms. The molecule has 2 rings (SSSR count). The van der Waals surface area contributed by atoms with Crippen LogP contribution in [0.3, 0.4) is 0 Å². The summed E-state index contributed by atoms with van der Waals surface area (Å²) in [7, 11) is 0. The van der Waals surface area contributed by atoms with E-state index in [1.165, 1.54) is 18.7 Å². The minimum absolute atomic E-state index is 0.312. The largest absolute Gasteiger partial charge is 0.480 e. The third-order valence-electron chi connectivity index (χ3n) is 3.21. The molecule has 102 valence electrons. The van der Waals surface area contributed by atoms with Gasteiger partial charge in [-0.15, -0.1) is 0 Å². The van der Waals surface area contributed by atoms with Crippen LogP contribution in [0.25, 0.3) is 0 Å². The van der Waals surface area contributed by atoms with Crippen molar-refractivity contribution in [2.75, 3.05) is 10.6 Å². The first-order valence-electron chi connectivity index (χ1n) is 5.89. The highest BCUT2D eigenvalue weighted by Gasteiger charge is 2.45. The molecule has 0 radical (unpaired) electrons. The zero-order valence-corrected chi connectivity index (χ0v) is 11.0. The van der Waals surface area contributed by atoms with E-state index < -0.39 is 23.5 Å². The topological polar surface area (TPSA) is 92.9 Å². The van der Waals surface area contributed by atoms with Crippen LogP contribution in [0.4, 0.5) is 11.4 Å². The van der Waals surface area contributed by atoms with E-state index in [-0.39, 0.29) is 0 Å². The molecule has 0 spiro atoms. The van der Waals surface area contributed by atoms with E-state index in [0.717, 1.165) is 0 Å². The van der Waals surface area contributed by atoms with Gasteiger partial charge in [-0.05, 0) is 32.9 Å². The molecule has 1 unspecified atom stereocenters. The fourth-order valence-electron chi connectivity index (χ4n) is 2.06. The van der Waals surface area contributed by atoms with E-state index in [0.29, 0.717) is 17.1 Å². The minimum atomic E-state index is -1.40. The van der Waals surface area contributed by atoms with Gasteiger partial charge in [0.25, 0.3) is 5.91 Å². The van der Waals surface area contributed by atoms with Gasteiger partial charge in [0.1, 0.15) is 17.0 Å². The van der Waals surface area contributed by atoms with Crippen LogP contribution in [0.2, 0.25) is 0 Å². The summed E-state index contributed by atoms with van der Waals surface area (Å²) in [5.41, 5.74) is 5.10. The molecule has 1 heterocycles. The molecule has 0 aliphatic carbocycles. The van der Waals surface area contributed by atoms with Crippen LogP contribution in [-0.4, -0.2) is 28.6 Å². The van der Waals surface area contributed by atoms with Crippen molar-refractivity contribution >= 4 is 23.3 Å². The third kappa shape index (κ3) is 1.89. The minimum Gasteiger partial charge on any atom is -0.480 e. The van der Waals surface area contributed by atoms with E-state index >= 15 is 0 Å². The maximum absolute atomic E-state index is 12.3.